The number of ether oxygens (including phenoxy) is 1. The average Bonchev–Trinajstić information content (AvgIpc) is 2.38. The Balaban J connectivity index is 2.09. The highest BCUT2D eigenvalue weighted by Gasteiger charge is 2.29. The fraction of sp³-hybridized carbons (Fsp3) is 0.615. The van der Waals surface area contributed by atoms with E-state index < -0.39 is 6.10 Å². The molecule has 0 radical (unpaired) electrons. The lowest BCUT2D eigenvalue weighted by molar-refractivity contribution is -0.0960. The minimum atomic E-state index is -0.722. The Labute approximate surface area is 108 Å². The van der Waals surface area contributed by atoms with Crippen LogP contribution in [0.3, 0.4) is 0 Å². The SMILES string of the molecule is CC(C)N1CCOC(C(O)c2cnccc2N)C1. The minimum Gasteiger partial charge on any atom is -0.398 e. The Kier molecular flexibility index (Phi) is 4.16. The zero-order chi connectivity index (χ0) is 13.1. The van der Waals surface area contributed by atoms with Gasteiger partial charge in [-0.25, -0.2) is 0 Å². The first-order chi connectivity index (χ1) is 8.59. The molecule has 2 unspecified atom stereocenters. The molecular weight excluding hydrogens is 230 g/mol. The standard InChI is InChI=1S/C13H21N3O2/c1-9(2)16-5-6-18-12(8-16)13(17)10-7-15-4-3-11(10)14/h3-4,7,9,12-13,17H,5-6,8H2,1-2H3,(H2,14,15). The molecule has 0 aromatic carbocycles. The summed E-state index contributed by atoms with van der Waals surface area (Å²) in [5.41, 5.74) is 7.06. The van der Waals surface area contributed by atoms with Crippen molar-refractivity contribution in [2.45, 2.75) is 32.1 Å². The number of aliphatic hydroxyl groups excluding tert-OH is 1. The molecule has 5 nitrogen and oxygen atoms in total. The van der Waals surface area contributed by atoms with E-state index in [9.17, 15) is 5.11 Å². The molecule has 0 aliphatic carbocycles. The number of aromatic nitrogens is 1. The van der Waals surface area contributed by atoms with Crippen molar-refractivity contribution < 1.29 is 9.84 Å². The van der Waals surface area contributed by atoms with E-state index in [-0.39, 0.29) is 6.10 Å². The van der Waals surface area contributed by atoms with Gasteiger partial charge in [-0.2, -0.15) is 0 Å². The molecule has 0 spiro atoms. The van der Waals surface area contributed by atoms with Crippen LogP contribution >= 0.6 is 0 Å². The van der Waals surface area contributed by atoms with Crippen LogP contribution in [-0.2, 0) is 4.74 Å². The van der Waals surface area contributed by atoms with Crippen LogP contribution in [0.25, 0.3) is 0 Å². The Hall–Kier alpha value is -1.17. The van der Waals surface area contributed by atoms with E-state index >= 15 is 0 Å². The van der Waals surface area contributed by atoms with Gasteiger partial charge in [-0.1, -0.05) is 0 Å². The lowest BCUT2D eigenvalue weighted by Gasteiger charge is -2.37. The van der Waals surface area contributed by atoms with Crippen molar-refractivity contribution in [1.82, 2.24) is 9.88 Å². The summed E-state index contributed by atoms with van der Waals surface area (Å²) in [6.07, 6.45) is 2.26. The second-order valence-electron chi connectivity index (χ2n) is 4.95. The molecule has 2 heterocycles. The summed E-state index contributed by atoms with van der Waals surface area (Å²) in [4.78, 5) is 6.30. The lowest BCUT2D eigenvalue weighted by atomic mass is 10.0. The van der Waals surface area contributed by atoms with Gasteiger partial charge < -0.3 is 15.6 Å². The van der Waals surface area contributed by atoms with Crippen molar-refractivity contribution in [3.8, 4) is 0 Å². The number of nitrogens with zero attached hydrogens (tertiary/aromatic N) is 2. The molecule has 0 amide bonds. The maximum atomic E-state index is 10.4. The second-order valence-corrected chi connectivity index (χ2v) is 4.95. The van der Waals surface area contributed by atoms with Gasteiger partial charge in [0.05, 0.1) is 6.61 Å². The molecule has 0 saturated carbocycles. The van der Waals surface area contributed by atoms with Gasteiger partial charge in [0.25, 0.3) is 0 Å². The fourth-order valence-corrected chi connectivity index (χ4v) is 2.22. The van der Waals surface area contributed by atoms with Crippen molar-refractivity contribution in [2.75, 3.05) is 25.4 Å². The van der Waals surface area contributed by atoms with Gasteiger partial charge in [-0.05, 0) is 19.9 Å². The van der Waals surface area contributed by atoms with Crippen molar-refractivity contribution >= 4 is 5.69 Å². The zero-order valence-electron chi connectivity index (χ0n) is 10.9. The lowest BCUT2D eigenvalue weighted by Crippen LogP contribution is -2.47. The maximum Gasteiger partial charge on any atom is 0.110 e. The van der Waals surface area contributed by atoms with Crippen molar-refractivity contribution in [1.29, 1.82) is 0 Å². The molecule has 2 atom stereocenters. The van der Waals surface area contributed by atoms with E-state index in [2.05, 4.69) is 23.7 Å². The summed E-state index contributed by atoms with van der Waals surface area (Å²) in [7, 11) is 0. The van der Waals surface area contributed by atoms with E-state index in [1.807, 2.05) is 0 Å². The molecule has 3 N–H and O–H groups in total. The molecule has 1 aromatic rings. The maximum absolute atomic E-state index is 10.4. The van der Waals surface area contributed by atoms with E-state index in [1.165, 1.54) is 0 Å². The first-order valence-electron chi connectivity index (χ1n) is 6.32. The van der Waals surface area contributed by atoms with E-state index in [4.69, 9.17) is 10.5 Å². The van der Waals surface area contributed by atoms with Crippen LogP contribution in [0.5, 0.6) is 0 Å². The van der Waals surface area contributed by atoms with Crippen LogP contribution in [0.15, 0.2) is 18.5 Å². The third-order valence-electron chi connectivity index (χ3n) is 3.41. The Morgan fingerprint density at radius 1 is 1.56 bits per heavy atom. The molecule has 1 aromatic heterocycles. The Morgan fingerprint density at radius 2 is 2.33 bits per heavy atom. The normalized spacial score (nSPS) is 23.2. The van der Waals surface area contributed by atoms with Gasteiger partial charge in [-0.3, -0.25) is 9.88 Å². The number of nitrogen functional groups attached to an aromatic ring is 1. The van der Waals surface area contributed by atoms with E-state index in [0.717, 1.165) is 6.54 Å². The highest BCUT2D eigenvalue weighted by Crippen LogP contribution is 2.26. The number of pyridine rings is 1. The Bertz CT molecular complexity index is 398. The molecule has 2 rings (SSSR count). The van der Waals surface area contributed by atoms with Crippen LogP contribution in [0.4, 0.5) is 5.69 Å². The van der Waals surface area contributed by atoms with Crippen LogP contribution in [-0.4, -0.2) is 46.8 Å². The third kappa shape index (κ3) is 2.80. The number of nitrogens with two attached hydrogens (primary N) is 1. The molecule has 1 aliphatic heterocycles. The second kappa shape index (κ2) is 5.65. The van der Waals surface area contributed by atoms with Crippen LogP contribution in [0.1, 0.15) is 25.5 Å². The first-order valence-corrected chi connectivity index (χ1v) is 6.32. The summed E-state index contributed by atoms with van der Waals surface area (Å²) < 4.78 is 5.65. The number of aliphatic hydroxyl groups is 1. The smallest absolute Gasteiger partial charge is 0.110 e. The largest absolute Gasteiger partial charge is 0.398 e. The molecule has 100 valence electrons. The first kappa shape index (κ1) is 13.3. The van der Waals surface area contributed by atoms with Gasteiger partial charge in [0, 0.05) is 42.8 Å². The predicted octanol–water partition coefficient (Wildman–Crippen LogP) is 0.806. The van der Waals surface area contributed by atoms with Gasteiger partial charge in [-0.15, -0.1) is 0 Å². The summed E-state index contributed by atoms with van der Waals surface area (Å²) in [5.74, 6) is 0. The van der Waals surface area contributed by atoms with Gasteiger partial charge in [0.2, 0.25) is 0 Å². The number of hydrogen-bond acceptors (Lipinski definition) is 5. The zero-order valence-corrected chi connectivity index (χ0v) is 10.9. The summed E-state index contributed by atoms with van der Waals surface area (Å²) in [5, 5.41) is 10.4. The van der Waals surface area contributed by atoms with E-state index in [0.29, 0.717) is 30.4 Å². The van der Waals surface area contributed by atoms with Crippen LogP contribution in [0, 0.1) is 0 Å². The average molecular weight is 251 g/mol. The molecule has 1 fully saturated rings. The predicted molar refractivity (Wildman–Crippen MR) is 70.1 cm³/mol. The van der Waals surface area contributed by atoms with E-state index in [1.54, 1.807) is 18.5 Å². The molecule has 5 heteroatoms. The van der Waals surface area contributed by atoms with Gasteiger partial charge >= 0.3 is 0 Å². The van der Waals surface area contributed by atoms with Gasteiger partial charge in [0.1, 0.15) is 12.2 Å². The molecule has 0 bridgehead atoms. The van der Waals surface area contributed by atoms with Crippen molar-refractivity contribution in [3.05, 3.63) is 24.0 Å². The minimum absolute atomic E-state index is 0.243. The Morgan fingerprint density at radius 3 is 3.00 bits per heavy atom. The number of rotatable bonds is 3. The van der Waals surface area contributed by atoms with Crippen molar-refractivity contribution in [2.24, 2.45) is 0 Å². The number of hydrogen-bond donors (Lipinski definition) is 2. The fourth-order valence-electron chi connectivity index (χ4n) is 2.22. The molecule has 18 heavy (non-hydrogen) atoms. The monoisotopic (exact) mass is 251 g/mol. The topological polar surface area (TPSA) is 71.6 Å². The molecule has 1 aliphatic rings. The summed E-state index contributed by atoms with van der Waals surface area (Å²) >= 11 is 0. The van der Waals surface area contributed by atoms with Crippen LogP contribution in [0.2, 0.25) is 0 Å². The molecule has 1 saturated heterocycles. The summed E-state index contributed by atoms with van der Waals surface area (Å²) in [6.45, 7) is 6.55. The summed E-state index contributed by atoms with van der Waals surface area (Å²) in [6, 6.07) is 2.15. The highest BCUT2D eigenvalue weighted by atomic mass is 16.5. The quantitative estimate of drug-likeness (QED) is 0.831. The third-order valence-corrected chi connectivity index (χ3v) is 3.41. The number of anilines is 1. The molecular formula is C13H21N3O2. The highest BCUT2D eigenvalue weighted by molar-refractivity contribution is 5.46. The van der Waals surface area contributed by atoms with Crippen LogP contribution < -0.4 is 5.73 Å². The van der Waals surface area contributed by atoms with Crippen molar-refractivity contribution in [3.63, 3.8) is 0 Å². The number of morpholine rings is 1. The van der Waals surface area contributed by atoms with Gasteiger partial charge in [0.15, 0.2) is 0 Å².